The number of hydrogen-bond acceptors (Lipinski definition) is 3. The summed E-state index contributed by atoms with van der Waals surface area (Å²) in [5.41, 5.74) is 1.13. The zero-order valence-corrected chi connectivity index (χ0v) is 13.1. The lowest BCUT2D eigenvalue weighted by atomic mass is 10.1. The number of aliphatic hydroxyl groups excluding tert-OH is 1. The third-order valence-electron chi connectivity index (χ3n) is 3.12. The lowest BCUT2D eigenvalue weighted by Crippen LogP contribution is -2.28. The van der Waals surface area contributed by atoms with Crippen molar-refractivity contribution in [1.82, 2.24) is 5.32 Å². The maximum Gasteiger partial charge on any atom is 0.251 e. The molecule has 0 saturated heterocycles. The van der Waals surface area contributed by atoms with Gasteiger partial charge in [-0.15, -0.1) is 11.8 Å². The zero-order chi connectivity index (χ0) is 15.9. The molecular weight excluding hydrogens is 301 g/mol. The number of aliphatic hydroxyl groups is 1. The van der Waals surface area contributed by atoms with E-state index in [-0.39, 0.29) is 18.3 Å². The van der Waals surface area contributed by atoms with E-state index in [0.29, 0.717) is 11.1 Å². The van der Waals surface area contributed by atoms with Gasteiger partial charge in [0.25, 0.3) is 5.91 Å². The van der Waals surface area contributed by atoms with Gasteiger partial charge >= 0.3 is 0 Å². The first-order chi connectivity index (χ1) is 10.6. The number of benzene rings is 2. The Hall–Kier alpha value is -1.85. The summed E-state index contributed by atoms with van der Waals surface area (Å²) >= 11 is 1.66. The minimum Gasteiger partial charge on any atom is -0.387 e. The summed E-state index contributed by atoms with van der Waals surface area (Å²) in [6, 6.07) is 12.9. The normalized spacial score (nSPS) is 12.0. The highest BCUT2D eigenvalue weighted by Crippen LogP contribution is 2.19. The van der Waals surface area contributed by atoms with Crippen molar-refractivity contribution < 1.29 is 14.3 Å². The molecule has 2 rings (SSSR count). The van der Waals surface area contributed by atoms with Crippen molar-refractivity contribution >= 4 is 17.7 Å². The first-order valence-electron chi connectivity index (χ1n) is 7.04. The summed E-state index contributed by atoms with van der Waals surface area (Å²) in [5.74, 6) is 0.346. The fourth-order valence-electron chi connectivity index (χ4n) is 1.99. The van der Waals surface area contributed by atoms with E-state index in [1.807, 2.05) is 18.2 Å². The van der Waals surface area contributed by atoms with Crippen LogP contribution in [0.5, 0.6) is 0 Å². The summed E-state index contributed by atoms with van der Waals surface area (Å²) < 4.78 is 12.8. The van der Waals surface area contributed by atoms with Crippen LogP contribution in [0.15, 0.2) is 53.4 Å². The predicted octanol–water partition coefficient (Wildman–Crippen LogP) is 3.40. The number of hydrogen-bond donors (Lipinski definition) is 2. The monoisotopic (exact) mass is 319 g/mol. The van der Waals surface area contributed by atoms with Gasteiger partial charge in [0.15, 0.2) is 0 Å². The smallest absolute Gasteiger partial charge is 0.251 e. The van der Waals surface area contributed by atoms with Gasteiger partial charge in [-0.3, -0.25) is 4.79 Å². The van der Waals surface area contributed by atoms with Crippen molar-refractivity contribution in [2.45, 2.75) is 17.9 Å². The molecule has 0 radical (unpaired) electrons. The third-order valence-corrected chi connectivity index (χ3v) is 3.99. The Kier molecular flexibility index (Phi) is 5.98. The molecule has 0 aliphatic rings. The molecule has 2 N–H and O–H groups in total. The minimum absolute atomic E-state index is 0.0790. The molecule has 0 bridgehead atoms. The van der Waals surface area contributed by atoms with Crippen LogP contribution < -0.4 is 5.32 Å². The van der Waals surface area contributed by atoms with E-state index in [1.54, 1.807) is 17.8 Å². The third kappa shape index (κ3) is 4.58. The van der Waals surface area contributed by atoms with Crippen LogP contribution in [0.25, 0.3) is 0 Å². The molecule has 22 heavy (non-hydrogen) atoms. The van der Waals surface area contributed by atoms with Crippen molar-refractivity contribution in [3.8, 4) is 0 Å². The largest absolute Gasteiger partial charge is 0.387 e. The first kappa shape index (κ1) is 16.5. The van der Waals surface area contributed by atoms with E-state index < -0.39 is 6.10 Å². The number of nitrogens with one attached hydrogen (secondary N) is 1. The molecule has 0 heterocycles. The predicted molar refractivity (Wildman–Crippen MR) is 86.5 cm³/mol. The van der Waals surface area contributed by atoms with Crippen molar-refractivity contribution in [2.75, 3.05) is 12.3 Å². The lowest BCUT2D eigenvalue weighted by molar-refractivity contribution is 0.0916. The highest BCUT2D eigenvalue weighted by Gasteiger charge is 2.11. The number of carbonyl (C=O) groups excluding carboxylic acids is 1. The highest BCUT2D eigenvalue weighted by atomic mass is 32.2. The number of thioether (sulfide) groups is 1. The molecule has 2 aromatic rings. The van der Waals surface area contributed by atoms with E-state index in [1.165, 1.54) is 24.3 Å². The van der Waals surface area contributed by atoms with Crippen molar-refractivity contribution in [3.63, 3.8) is 0 Å². The molecule has 116 valence electrons. The molecule has 3 nitrogen and oxygen atoms in total. The van der Waals surface area contributed by atoms with Crippen LogP contribution in [0.4, 0.5) is 4.39 Å². The van der Waals surface area contributed by atoms with E-state index in [0.717, 1.165) is 10.6 Å². The molecule has 0 aliphatic heterocycles. The van der Waals surface area contributed by atoms with Gasteiger partial charge < -0.3 is 10.4 Å². The maximum absolute atomic E-state index is 12.8. The molecule has 0 saturated carbocycles. The maximum atomic E-state index is 12.8. The van der Waals surface area contributed by atoms with Crippen LogP contribution in [0.1, 0.15) is 28.9 Å². The molecule has 0 fully saturated rings. The Labute approximate surface area is 133 Å². The van der Waals surface area contributed by atoms with E-state index in [4.69, 9.17) is 0 Å². The van der Waals surface area contributed by atoms with Gasteiger partial charge in [0, 0.05) is 17.0 Å². The van der Waals surface area contributed by atoms with Gasteiger partial charge in [0.05, 0.1) is 6.10 Å². The Balaban J connectivity index is 1.94. The Bertz CT molecular complexity index is 631. The fourth-order valence-corrected chi connectivity index (χ4v) is 2.71. The number of amides is 1. The van der Waals surface area contributed by atoms with E-state index >= 15 is 0 Å². The molecule has 1 atom stereocenters. The topological polar surface area (TPSA) is 49.3 Å². The SMILES string of the molecule is CCSc1cccc(C(=O)NCC(O)c2ccc(F)cc2)c1. The number of rotatable bonds is 6. The van der Waals surface area contributed by atoms with Gasteiger partial charge in [0.2, 0.25) is 0 Å². The van der Waals surface area contributed by atoms with Crippen LogP contribution in [0.3, 0.4) is 0 Å². The van der Waals surface area contributed by atoms with Gasteiger partial charge in [0.1, 0.15) is 5.82 Å². The Morgan fingerprint density at radius 2 is 2.00 bits per heavy atom. The molecule has 0 aromatic heterocycles. The second-order valence-corrected chi connectivity index (χ2v) is 6.08. The minimum atomic E-state index is -0.863. The molecule has 2 aromatic carbocycles. The van der Waals surface area contributed by atoms with E-state index in [2.05, 4.69) is 12.2 Å². The standard InChI is InChI=1S/C17H18FNO2S/c1-2-22-15-5-3-4-13(10-15)17(21)19-11-16(20)12-6-8-14(18)9-7-12/h3-10,16,20H,2,11H2,1H3,(H,19,21). The van der Waals surface area contributed by atoms with Gasteiger partial charge in [-0.25, -0.2) is 4.39 Å². The Morgan fingerprint density at radius 3 is 2.68 bits per heavy atom. The second-order valence-electron chi connectivity index (χ2n) is 4.74. The van der Waals surface area contributed by atoms with Crippen molar-refractivity contribution in [3.05, 3.63) is 65.5 Å². The zero-order valence-electron chi connectivity index (χ0n) is 12.3. The average Bonchev–Trinajstić information content (AvgIpc) is 2.53. The van der Waals surface area contributed by atoms with Gasteiger partial charge in [-0.1, -0.05) is 25.1 Å². The van der Waals surface area contributed by atoms with Crippen LogP contribution in [0.2, 0.25) is 0 Å². The first-order valence-corrected chi connectivity index (χ1v) is 8.03. The Morgan fingerprint density at radius 1 is 1.27 bits per heavy atom. The summed E-state index contributed by atoms with van der Waals surface area (Å²) in [6.07, 6.45) is -0.863. The summed E-state index contributed by atoms with van der Waals surface area (Å²) in [5, 5.41) is 12.7. The van der Waals surface area contributed by atoms with Gasteiger partial charge in [-0.2, -0.15) is 0 Å². The summed E-state index contributed by atoms with van der Waals surface area (Å²) in [4.78, 5) is 13.1. The molecular formula is C17H18FNO2S. The molecule has 0 spiro atoms. The summed E-state index contributed by atoms with van der Waals surface area (Å²) in [6.45, 7) is 2.13. The number of halogens is 1. The lowest BCUT2D eigenvalue weighted by Gasteiger charge is -2.12. The molecule has 1 amide bonds. The van der Waals surface area contributed by atoms with Crippen LogP contribution >= 0.6 is 11.8 Å². The van der Waals surface area contributed by atoms with Gasteiger partial charge in [-0.05, 0) is 41.6 Å². The van der Waals surface area contributed by atoms with Crippen LogP contribution in [-0.4, -0.2) is 23.3 Å². The quantitative estimate of drug-likeness (QED) is 0.802. The molecule has 5 heteroatoms. The van der Waals surface area contributed by atoms with Crippen LogP contribution in [-0.2, 0) is 0 Å². The van der Waals surface area contributed by atoms with Crippen molar-refractivity contribution in [1.29, 1.82) is 0 Å². The summed E-state index contributed by atoms with van der Waals surface area (Å²) in [7, 11) is 0. The average molecular weight is 319 g/mol. The number of carbonyl (C=O) groups is 1. The molecule has 1 unspecified atom stereocenters. The molecule has 0 aliphatic carbocycles. The van der Waals surface area contributed by atoms with Crippen LogP contribution in [0, 0.1) is 5.82 Å². The van der Waals surface area contributed by atoms with E-state index in [9.17, 15) is 14.3 Å². The highest BCUT2D eigenvalue weighted by molar-refractivity contribution is 7.99. The van der Waals surface area contributed by atoms with Crippen molar-refractivity contribution in [2.24, 2.45) is 0 Å². The second kappa shape index (κ2) is 7.96. The fraction of sp³-hybridized carbons (Fsp3) is 0.235.